The molecule has 0 amide bonds. The molecule has 8 heteroatoms. The third kappa shape index (κ3) is 3.53. The summed E-state index contributed by atoms with van der Waals surface area (Å²) in [5, 5.41) is 8.89. The number of carboxylic acid groups (broad SMARTS) is 1. The number of carbonyl (C=O) groups is 1. The van der Waals surface area contributed by atoms with Gasteiger partial charge >= 0.3 is 5.97 Å². The molecule has 0 saturated carbocycles. The van der Waals surface area contributed by atoms with E-state index in [1.807, 2.05) is 0 Å². The van der Waals surface area contributed by atoms with Gasteiger partial charge in [-0.15, -0.1) is 0 Å². The van der Waals surface area contributed by atoms with Crippen LogP contribution in [0.5, 0.6) is 0 Å². The topological polar surface area (TPSA) is 110 Å². The standard InChI is InChI=1S/C17H14N2O5S/c1-11-2-3-13(16-18-8-9-24-16)10-15(11)19-25(22,23)14-6-4-12(5-7-14)17(20)21/h2-10,19H,1H3,(H,20,21). The molecule has 0 aliphatic heterocycles. The Hall–Kier alpha value is -3.13. The Bertz CT molecular complexity index is 1010. The molecule has 3 aromatic rings. The van der Waals surface area contributed by atoms with Crippen LogP contribution in [-0.2, 0) is 10.0 Å². The van der Waals surface area contributed by atoms with Crippen molar-refractivity contribution in [1.29, 1.82) is 0 Å². The number of carboxylic acids is 1. The third-order valence-electron chi connectivity index (χ3n) is 3.57. The summed E-state index contributed by atoms with van der Waals surface area (Å²) in [5.41, 5.74) is 1.76. The first-order chi connectivity index (χ1) is 11.9. The molecule has 1 aromatic heterocycles. The normalized spacial score (nSPS) is 11.2. The Morgan fingerprint density at radius 3 is 2.48 bits per heavy atom. The molecule has 0 fully saturated rings. The number of hydrogen-bond acceptors (Lipinski definition) is 5. The second-order valence-electron chi connectivity index (χ2n) is 5.30. The lowest BCUT2D eigenvalue weighted by atomic mass is 10.1. The summed E-state index contributed by atoms with van der Waals surface area (Å²) >= 11 is 0. The number of nitrogens with one attached hydrogen (secondary N) is 1. The number of oxazole rings is 1. The fourth-order valence-corrected chi connectivity index (χ4v) is 3.33. The van der Waals surface area contributed by atoms with E-state index >= 15 is 0 Å². The van der Waals surface area contributed by atoms with Crippen LogP contribution in [0.15, 0.2) is 64.2 Å². The van der Waals surface area contributed by atoms with Crippen molar-refractivity contribution in [3.63, 3.8) is 0 Å². The minimum absolute atomic E-state index is 0.0148. The molecule has 0 aliphatic rings. The van der Waals surface area contributed by atoms with Crippen molar-refractivity contribution < 1.29 is 22.7 Å². The van der Waals surface area contributed by atoms with Gasteiger partial charge in [0.2, 0.25) is 5.89 Å². The van der Waals surface area contributed by atoms with E-state index in [1.165, 1.54) is 36.7 Å². The first kappa shape index (κ1) is 16.7. The van der Waals surface area contributed by atoms with Gasteiger partial charge in [-0.25, -0.2) is 18.2 Å². The quantitative estimate of drug-likeness (QED) is 0.725. The summed E-state index contributed by atoms with van der Waals surface area (Å²) in [6.45, 7) is 1.77. The summed E-state index contributed by atoms with van der Waals surface area (Å²) in [6.07, 6.45) is 2.94. The number of aryl methyl sites for hydroxylation is 1. The van der Waals surface area contributed by atoms with Gasteiger partial charge in [0, 0.05) is 5.56 Å². The second-order valence-corrected chi connectivity index (χ2v) is 6.98. The molecule has 0 spiro atoms. The molecule has 1 heterocycles. The number of anilines is 1. The fourth-order valence-electron chi connectivity index (χ4n) is 2.21. The first-order valence-corrected chi connectivity index (χ1v) is 8.72. The van der Waals surface area contributed by atoms with Crippen molar-refractivity contribution in [1.82, 2.24) is 4.98 Å². The van der Waals surface area contributed by atoms with E-state index in [0.29, 0.717) is 17.1 Å². The van der Waals surface area contributed by atoms with E-state index in [-0.39, 0.29) is 10.5 Å². The highest BCUT2D eigenvalue weighted by Gasteiger charge is 2.17. The van der Waals surface area contributed by atoms with Gasteiger partial charge in [-0.05, 0) is 48.9 Å². The monoisotopic (exact) mass is 358 g/mol. The Morgan fingerprint density at radius 2 is 1.88 bits per heavy atom. The van der Waals surface area contributed by atoms with Crippen LogP contribution in [-0.4, -0.2) is 24.5 Å². The molecule has 0 bridgehead atoms. The molecule has 0 saturated heterocycles. The van der Waals surface area contributed by atoms with E-state index in [2.05, 4.69) is 9.71 Å². The van der Waals surface area contributed by atoms with Crippen molar-refractivity contribution in [2.75, 3.05) is 4.72 Å². The number of nitrogens with zero attached hydrogens (tertiary/aromatic N) is 1. The van der Waals surface area contributed by atoms with E-state index in [1.54, 1.807) is 25.1 Å². The van der Waals surface area contributed by atoms with Crippen molar-refractivity contribution in [3.05, 3.63) is 66.1 Å². The highest BCUT2D eigenvalue weighted by Crippen LogP contribution is 2.26. The van der Waals surface area contributed by atoms with Gasteiger partial charge in [-0.1, -0.05) is 6.07 Å². The highest BCUT2D eigenvalue weighted by atomic mass is 32.2. The van der Waals surface area contributed by atoms with Crippen LogP contribution < -0.4 is 4.72 Å². The lowest BCUT2D eigenvalue weighted by Crippen LogP contribution is -2.14. The Morgan fingerprint density at radius 1 is 1.16 bits per heavy atom. The van der Waals surface area contributed by atoms with Crippen LogP contribution in [0.1, 0.15) is 15.9 Å². The van der Waals surface area contributed by atoms with Gasteiger partial charge in [0.25, 0.3) is 10.0 Å². The zero-order valence-corrected chi connectivity index (χ0v) is 13.9. The molecule has 0 atom stereocenters. The Labute approximate surface area is 144 Å². The minimum atomic E-state index is -3.86. The SMILES string of the molecule is Cc1ccc(-c2ncco2)cc1NS(=O)(=O)c1ccc(C(=O)O)cc1. The van der Waals surface area contributed by atoms with Crippen LogP contribution in [0.25, 0.3) is 11.5 Å². The number of aromatic carboxylic acids is 1. The van der Waals surface area contributed by atoms with Crippen LogP contribution in [0.4, 0.5) is 5.69 Å². The Kier molecular flexibility index (Phi) is 4.28. The molecule has 2 aromatic carbocycles. The van der Waals surface area contributed by atoms with Crippen LogP contribution in [0.2, 0.25) is 0 Å². The smallest absolute Gasteiger partial charge is 0.335 e. The average molecular weight is 358 g/mol. The molecule has 0 aliphatic carbocycles. The van der Waals surface area contributed by atoms with Crippen LogP contribution in [0.3, 0.4) is 0 Å². The minimum Gasteiger partial charge on any atom is -0.478 e. The molecular weight excluding hydrogens is 344 g/mol. The van der Waals surface area contributed by atoms with Gasteiger partial charge in [-0.3, -0.25) is 4.72 Å². The van der Waals surface area contributed by atoms with Crippen molar-refractivity contribution in [2.45, 2.75) is 11.8 Å². The molecular formula is C17H14N2O5S. The molecule has 0 radical (unpaired) electrons. The summed E-state index contributed by atoms with van der Waals surface area (Å²) < 4.78 is 32.8. The number of rotatable bonds is 5. The van der Waals surface area contributed by atoms with E-state index < -0.39 is 16.0 Å². The van der Waals surface area contributed by atoms with Gasteiger partial charge in [0.1, 0.15) is 6.26 Å². The second kappa shape index (κ2) is 6.40. The maximum atomic E-state index is 12.5. The van der Waals surface area contributed by atoms with Gasteiger partial charge in [0.05, 0.1) is 22.3 Å². The number of aromatic nitrogens is 1. The van der Waals surface area contributed by atoms with Gasteiger partial charge in [0.15, 0.2) is 0 Å². The van der Waals surface area contributed by atoms with E-state index in [0.717, 1.165) is 5.56 Å². The maximum Gasteiger partial charge on any atom is 0.335 e. The summed E-state index contributed by atoms with van der Waals surface area (Å²) in [4.78, 5) is 14.9. The molecule has 0 unspecified atom stereocenters. The number of hydrogen-bond donors (Lipinski definition) is 2. The number of benzene rings is 2. The van der Waals surface area contributed by atoms with Crippen LogP contribution >= 0.6 is 0 Å². The highest BCUT2D eigenvalue weighted by molar-refractivity contribution is 7.92. The van der Waals surface area contributed by atoms with Crippen LogP contribution in [0, 0.1) is 6.92 Å². The van der Waals surface area contributed by atoms with Crippen molar-refractivity contribution in [3.8, 4) is 11.5 Å². The molecule has 3 rings (SSSR count). The lowest BCUT2D eigenvalue weighted by molar-refractivity contribution is 0.0696. The van der Waals surface area contributed by atoms with Crippen molar-refractivity contribution in [2.24, 2.45) is 0 Å². The zero-order chi connectivity index (χ0) is 18.0. The lowest BCUT2D eigenvalue weighted by Gasteiger charge is -2.12. The fraction of sp³-hybridized carbons (Fsp3) is 0.0588. The number of sulfonamides is 1. The van der Waals surface area contributed by atoms with Gasteiger partial charge in [-0.2, -0.15) is 0 Å². The zero-order valence-electron chi connectivity index (χ0n) is 13.1. The summed E-state index contributed by atoms with van der Waals surface area (Å²) in [6, 6.07) is 10.1. The summed E-state index contributed by atoms with van der Waals surface area (Å²) in [5.74, 6) is -0.738. The molecule has 25 heavy (non-hydrogen) atoms. The predicted octanol–water partition coefficient (Wildman–Crippen LogP) is 3.15. The first-order valence-electron chi connectivity index (χ1n) is 7.23. The molecule has 2 N–H and O–H groups in total. The molecule has 7 nitrogen and oxygen atoms in total. The van der Waals surface area contributed by atoms with Crippen molar-refractivity contribution >= 4 is 21.7 Å². The van der Waals surface area contributed by atoms with Gasteiger partial charge < -0.3 is 9.52 Å². The Balaban J connectivity index is 1.92. The predicted molar refractivity (Wildman–Crippen MR) is 90.9 cm³/mol. The van der Waals surface area contributed by atoms with E-state index in [9.17, 15) is 13.2 Å². The third-order valence-corrected chi connectivity index (χ3v) is 4.95. The largest absolute Gasteiger partial charge is 0.478 e. The molecule has 128 valence electrons. The van der Waals surface area contributed by atoms with E-state index in [4.69, 9.17) is 9.52 Å². The summed E-state index contributed by atoms with van der Waals surface area (Å²) in [7, 11) is -3.86. The average Bonchev–Trinajstić information content (AvgIpc) is 3.11. The maximum absolute atomic E-state index is 12.5.